The summed E-state index contributed by atoms with van der Waals surface area (Å²) in [5.74, 6) is -1.59. The van der Waals surface area contributed by atoms with Gasteiger partial charge in [-0.2, -0.15) is 0 Å². The van der Waals surface area contributed by atoms with Crippen molar-refractivity contribution in [1.29, 1.82) is 0 Å². The maximum Gasteiger partial charge on any atom is 0.187 e. The average molecular weight is 1130 g/mol. The molecule has 0 bridgehead atoms. The zero-order valence-electron chi connectivity index (χ0n) is 45.8. The third-order valence-electron chi connectivity index (χ3n) is 20.5. The predicted molar refractivity (Wildman–Crippen MR) is 264 cm³/mol. The molecule has 8 aliphatic rings. The summed E-state index contributed by atoms with van der Waals surface area (Å²) in [7, 11) is 0. The van der Waals surface area contributed by atoms with E-state index >= 15 is 0 Å². The van der Waals surface area contributed by atoms with Crippen molar-refractivity contribution in [1.82, 2.24) is 0 Å². The Kier molecular flexibility index (Phi) is 18.8. The molecule has 25 heteroatoms. The Morgan fingerprint density at radius 2 is 1.09 bits per heavy atom. The zero-order chi connectivity index (χ0) is 57.6. The molecule has 0 radical (unpaired) electrons. The van der Waals surface area contributed by atoms with Gasteiger partial charge in [-0.15, -0.1) is 0 Å². The van der Waals surface area contributed by atoms with Crippen molar-refractivity contribution in [3.63, 3.8) is 0 Å². The molecule has 4 heterocycles. The van der Waals surface area contributed by atoms with E-state index in [4.69, 9.17) is 42.8 Å². The molecular weight excluding hydrogens is 1040 g/mol. The van der Waals surface area contributed by atoms with E-state index < -0.39 is 212 Å². The number of aliphatic hydroxyl groups excluding tert-OH is 15. The number of hydrogen-bond donors (Lipinski definition) is 16. The van der Waals surface area contributed by atoms with Crippen LogP contribution in [0.4, 0.5) is 0 Å². The fourth-order valence-corrected chi connectivity index (χ4v) is 16.2. The van der Waals surface area contributed by atoms with E-state index in [-0.39, 0.29) is 12.3 Å². The lowest BCUT2D eigenvalue weighted by molar-refractivity contribution is -0.380. The van der Waals surface area contributed by atoms with Crippen LogP contribution in [0.1, 0.15) is 100 Å². The van der Waals surface area contributed by atoms with Gasteiger partial charge in [-0.25, -0.2) is 4.89 Å². The number of rotatable bonds is 17. The van der Waals surface area contributed by atoms with Crippen molar-refractivity contribution >= 4 is 0 Å². The van der Waals surface area contributed by atoms with Gasteiger partial charge in [0.2, 0.25) is 0 Å². The van der Waals surface area contributed by atoms with Gasteiger partial charge in [-0.05, 0) is 111 Å². The normalized spacial score (nSPS) is 52.4. The molecule has 16 N–H and O–H groups in total. The van der Waals surface area contributed by atoms with Crippen LogP contribution in [0.25, 0.3) is 0 Å². The van der Waals surface area contributed by atoms with Gasteiger partial charge < -0.3 is 114 Å². The molecule has 0 spiro atoms. The molecule has 25 nitrogen and oxygen atoms in total. The number of aliphatic hydroxyl groups is 15. The van der Waals surface area contributed by atoms with Gasteiger partial charge in [-0.3, -0.25) is 5.26 Å². The summed E-state index contributed by atoms with van der Waals surface area (Å²) >= 11 is 0. The van der Waals surface area contributed by atoms with Gasteiger partial charge >= 0.3 is 0 Å². The smallest absolute Gasteiger partial charge is 0.187 e. The Morgan fingerprint density at radius 1 is 0.564 bits per heavy atom. The minimum absolute atomic E-state index is 0.116. The summed E-state index contributed by atoms with van der Waals surface area (Å²) in [4.78, 5) is 4.69. The molecular formula is C53H90O25. The fourth-order valence-electron chi connectivity index (χ4n) is 16.2. The molecule has 0 aromatic rings. The highest BCUT2D eigenvalue weighted by molar-refractivity contribution is 5.22. The van der Waals surface area contributed by atoms with Crippen molar-refractivity contribution in [2.24, 2.45) is 45.3 Å². The number of ether oxygens (including phenoxy) is 8. The second kappa shape index (κ2) is 23.3. The van der Waals surface area contributed by atoms with Crippen LogP contribution in [-0.4, -0.2) is 255 Å². The van der Waals surface area contributed by atoms with Gasteiger partial charge in [0.1, 0.15) is 97.2 Å². The number of hydrogen-bond acceptors (Lipinski definition) is 25. The van der Waals surface area contributed by atoms with Gasteiger partial charge in [0, 0.05) is 0 Å². The monoisotopic (exact) mass is 1130 g/mol. The van der Waals surface area contributed by atoms with Gasteiger partial charge in [0.25, 0.3) is 0 Å². The topological polar surface area (TPSA) is 407 Å². The van der Waals surface area contributed by atoms with Crippen molar-refractivity contribution in [3.8, 4) is 0 Å². The Labute approximate surface area is 454 Å². The molecule has 8 rings (SSSR count). The zero-order valence-corrected chi connectivity index (χ0v) is 45.8. The Bertz CT molecular complexity index is 2040. The molecule has 0 aromatic heterocycles. The molecule has 8 fully saturated rings. The Hall–Kier alpha value is -1.26. The summed E-state index contributed by atoms with van der Waals surface area (Å²) in [6.07, 6.45) is -26.8. The van der Waals surface area contributed by atoms with Crippen molar-refractivity contribution in [3.05, 3.63) is 12.2 Å². The van der Waals surface area contributed by atoms with Crippen LogP contribution in [0.3, 0.4) is 0 Å². The summed E-state index contributed by atoms with van der Waals surface area (Å²) in [6, 6.07) is 0. The Balaban J connectivity index is 1.04. The van der Waals surface area contributed by atoms with Crippen LogP contribution >= 0.6 is 0 Å². The molecule has 0 unspecified atom stereocenters. The van der Waals surface area contributed by atoms with E-state index in [0.717, 1.165) is 0 Å². The highest BCUT2D eigenvalue weighted by Gasteiger charge is 2.74. The first kappa shape index (κ1) is 62.8. The lowest BCUT2D eigenvalue weighted by Crippen LogP contribution is -2.70. The first-order valence-electron chi connectivity index (χ1n) is 27.6. The van der Waals surface area contributed by atoms with E-state index in [2.05, 4.69) is 20.8 Å². The highest BCUT2D eigenvalue weighted by atomic mass is 17.1. The predicted octanol–water partition coefficient (Wildman–Crippen LogP) is -3.12. The lowest BCUT2D eigenvalue weighted by atomic mass is 9.34. The fraction of sp³-hybridized carbons (Fsp3) is 0.962. The van der Waals surface area contributed by atoms with Crippen LogP contribution in [-0.2, 0) is 42.8 Å². The van der Waals surface area contributed by atoms with E-state index in [1.807, 2.05) is 20.8 Å². The number of fused-ring (bicyclic) bond motifs is 5. The Morgan fingerprint density at radius 3 is 1.69 bits per heavy atom. The molecule has 0 aromatic carbocycles. The quantitative estimate of drug-likeness (QED) is 0.0296. The van der Waals surface area contributed by atoms with Gasteiger partial charge in [0.05, 0.1) is 50.3 Å². The van der Waals surface area contributed by atoms with E-state index in [9.17, 15) is 81.9 Å². The van der Waals surface area contributed by atoms with Crippen molar-refractivity contribution in [2.45, 2.75) is 247 Å². The summed E-state index contributed by atoms with van der Waals surface area (Å²) < 4.78 is 48.5. The van der Waals surface area contributed by atoms with Crippen LogP contribution in [0.15, 0.2) is 12.2 Å². The molecule has 30 atom stereocenters. The summed E-state index contributed by atoms with van der Waals surface area (Å²) in [5.41, 5.74) is -5.22. The second-order valence-electron chi connectivity index (χ2n) is 25.9. The molecule has 4 aliphatic heterocycles. The largest absolute Gasteiger partial charge is 0.394 e. The second-order valence-corrected chi connectivity index (χ2v) is 25.9. The maximum atomic E-state index is 12.8. The van der Waals surface area contributed by atoms with Crippen LogP contribution in [0, 0.1) is 45.3 Å². The third kappa shape index (κ3) is 10.8. The average Bonchev–Trinajstić information content (AvgIpc) is 4.03. The molecule has 4 saturated heterocycles. The van der Waals surface area contributed by atoms with E-state index in [1.54, 1.807) is 26.0 Å². The van der Waals surface area contributed by atoms with Crippen molar-refractivity contribution in [2.75, 3.05) is 26.4 Å². The van der Waals surface area contributed by atoms with Crippen LogP contribution in [0.2, 0.25) is 0 Å². The van der Waals surface area contributed by atoms with E-state index in [0.29, 0.717) is 38.5 Å². The molecule has 0 amide bonds. The summed E-state index contributed by atoms with van der Waals surface area (Å²) in [5, 5.41) is 174. The van der Waals surface area contributed by atoms with Crippen LogP contribution < -0.4 is 0 Å². The lowest BCUT2D eigenvalue weighted by Gasteiger charge is -2.71. The van der Waals surface area contributed by atoms with Gasteiger partial charge in [0.15, 0.2) is 25.2 Å². The molecule has 4 aliphatic carbocycles. The third-order valence-corrected chi connectivity index (χ3v) is 20.5. The highest BCUT2D eigenvalue weighted by Crippen LogP contribution is 2.76. The minimum Gasteiger partial charge on any atom is -0.394 e. The minimum atomic E-state index is -1.86. The standard InChI is InChI=1S/C53H90O25/c1-48(2,78-69)12-9-13-53(8,77-46-41(68)37(64)35(62)28(74-46)21-70-44-39(66)34(61)27(20-56)71-44)22-10-15-51(6)31(22)23(57)16-29-50(5)14-11-30(49(3,4)43(50)24(58)17-52(29,51)7)75-47-42(38(65)33(60)26(19-55)73-47)76-45-40(67)36(63)32(59)25(18-54)72-45/h9,12,22-47,54-69H,10-11,13-21H2,1-8H3/b12-9+/t22-,23+,24-,25+,26+,27+,28+,29+,30-,31-,32+,33+,34+,35+,36-,37-,38-,39-,40+,41+,42+,43-,44+,45-,46-,47-,50+,51+,52+,53-/m0/s1. The SMILES string of the molecule is CC(C)(/C=C/C[C@](C)(O[C@@H]1O[C@H](CO[C@@H]2O[C@H](CO)[C@@H](O)[C@@H]2O)[C@@H](O)[C@H](O)[C@H]1O)[C@H]1CC[C@]2(C)[C@@H]1[C@H](O)C[C@@H]1[C@@]3(C)CC[C@H](O[C@@H]4O[C@H](CO)[C@@H](O)[C@H](O)[C@H]4O[C@@H]4O[C@H](CO)[C@@H](O)[C@H](O)[C@H]4O)C(C)(C)[C@@H]3[C@@H](O)C[C@]12C)OO. The van der Waals surface area contributed by atoms with Crippen molar-refractivity contribution < 1.29 is 125 Å². The molecule has 452 valence electrons. The molecule has 4 saturated carbocycles. The first-order chi connectivity index (χ1) is 36.4. The first-order valence-corrected chi connectivity index (χ1v) is 27.6. The van der Waals surface area contributed by atoms with Crippen LogP contribution in [0.5, 0.6) is 0 Å². The van der Waals surface area contributed by atoms with E-state index in [1.165, 1.54) is 0 Å². The maximum absolute atomic E-state index is 12.8. The summed E-state index contributed by atoms with van der Waals surface area (Å²) in [6.45, 7) is 12.9. The van der Waals surface area contributed by atoms with Gasteiger partial charge in [-0.1, -0.05) is 46.8 Å². The molecule has 78 heavy (non-hydrogen) atoms.